The molecule has 192 valence electrons. The predicted octanol–water partition coefficient (Wildman–Crippen LogP) is 3.06. The number of hydrogen-bond acceptors (Lipinski definition) is 7. The summed E-state index contributed by atoms with van der Waals surface area (Å²) in [6.07, 6.45) is 1.95. The zero-order chi connectivity index (χ0) is 26.2. The van der Waals surface area contributed by atoms with Crippen LogP contribution in [0.5, 0.6) is 0 Å². The molecule has 36 heavy (non-hydrogen) atoms. The van der Waals surface area contributed by atoms with E-state index < -0.39 is 18.2 Å². The Hall–Kier alpha value is -2.89. The van der Waals surface area contributed by atoms with Crippen LogP contribution in [0.15, 0.2) is 64.4 Å². The molecule has 2 aromatic rings. The van der Waals surface area contributed by atoms with Crippen molar-refractivity contribution < 1.29 is 24.9 Å². The minimum Gasteiger partial charge on any atom is -0.478 e. The van der Waals surface area contributed by atoms with Crippen molar-refractivity contribution in [2.75, 3.05) is 26.2 Å². The number of aliphatic hydroxyl groups is 1. The Labute approximate surface area is 218 Å². The van der Waals surface area contributed by atoms with Gasteiger partial charge in [-0.3, -0.25) is 15.2 Å². The van der Waals surface area contributed by atoms with Crippen molar-refractivity contribution in [3.8, 4) is 0 Å². The number of hydrogen-bond donors (Lipinski definition) is 5. The number of benzene rings is 2. The zero-order valence-electron chi connectivity index (χ0n) is 19.5. The summed E-state index contributed by atoms with van der Waals surface area (Å²) in [7, 11) is 0. The lowest BCUT2D eigenvalue weighted by Crippen LogP contribution is -2.54. The number of β-amino-alcohol motifs (C(OH)–C–C–N with tert-alkyl or cyclic N) is 1. The number of carboxylic acids is 2. The Morgan fingerprint density at radius 3 is 2.44 bits per heavy atom. The summed E-state index contributed by atoms with van der Waals surface area (Å²) in [5.41, 5.74) is 8.04. The second-order valence-electron chi connectivity index (χ2n) is 8.41. The molecule has 2 aliphatic heterocycles. The zero-order valence-corrected chi connectivity index (χ0v) is 21.1. The third-order valence-electron chi connectivity index (χ3n) is 5.91. The van der Waals surface area contributed by atoms with Gasteiger partial charge in [0, 0.05) is 65.6 Å². The maximum atomic E-state index is 10.7. The molecule has 0 bridgehead atoms. The van der Waals surface area contributed by atoms with E-state index in [4.69, 9.17) is 33.0 Å². The third kappa shape index (κ3) is 7.81. The summed E-state index contributed by atoms with van der Waals surface area (Å²) in [5.74, 6) is -2.35. The molecule has 0 amide bonds. The molecule has 6 N–H and O–H groups in total. The molecule has 2 aromatic carbocycles. The van der Waals surface area contributed by atoms with Gasteiger partial charge in [-0.05, 0) is 41.8 Å². The lowest BCUT2D eigenvalue weighted by atomic mass is 9.96. The van der Waals surface area contributed by atoms with E-state index in [0.717, 1.165) is 24.5 Å². The highest BCUT2D eigenvalue weighted by Crippen LogP contribution is 2.44. The van der Waals surface area contributed by atoms with Crippen molar-refractivity contribution in [3.05, 3.63) is 70.8 Å². The van der Waals surface area contributed by atoms with Crippen molar-refractivity contribution in [1.29, 1.82) is 5.41 Å². The molecule has 0 aromatic heterocycles. The summed E-state index contributed by atoms with van der Waals surface area (Å²) >= 11 is 8.15. The highest BCUT2D eigenvalue weighted by molar-refractivity contribution is 7.99. The first kappa shape index (κ1) is 27.7. The van der Waals surface area contributed by atoms with Gasteiger partial charge in [-0.2, -0.15) is 0 Å². The van der Waals surface area contributed by atoms with Crippen LogP contribution in [0.2, 0.25) is 5.02 Å². The van der Waals surface area contributed by atoms with Crippen molar-refractivity contribution in [1.82, 2.24) is 9.80 Å². The number of carboxylic acid groups (broad SMARTS) is 2. The number of nitrogens with zero attached hydrogens (tertiary/aromatic N) is 2. The van der Waals surface area contributed by atoms with Gasteiger partial charge in [0.2, 0.25) is 0 Å². The van der Waals surface area contributed by atoms with E-state index in [0.29, 0.717) is 31.7 Å². The number of nitrogens with two attached hydrogens (primary N) is 1. The fourth-order valence-electron chi connectivity index (χ4n) is 4.18. The van der Waals surface area contributed by atoms with Crippen molar-refractivity contribution in [2.24, 2.45) is 5.73 Å². The summed E-state index contributed by atoms with van der Waals surface area (Å²) in [6, 6.07) is 14.9. The second-order valence-corrected chi connectivity index (χ2v) is 9.93. The molecule has 0 saturated carbocycles. The summed E-state index contributed by atoms with van der Waals surface area (Å²) < 4.78 is 0. The number of aliphatic hydroxyl groups excluding tert-OH is 1. The van der Waals surface area contributed by atoms with Crippen molar-refractivity contribution >= 4 is 41.1 Å². The smallest absolute Gasteiger partial charge is 0.328 e. The van der Waals surface area contributed by atoms with Crippen LogP contribution in [0.25, 0.3) is 0 Å². The monoisotopic (exact) mass is 532 g/mol. The van der Waals surface area contributed by atoms with Crippen LogP contribution in [0.4, 0.5) is 0 Å². The van der Waals surface area contributed by atoms with Gasteiger partial charge in [0.1, 0.15) is 6.23 Å². The lowest BCUT2D eigenvalue weighted by molar-refractivity contribution is -0.134. The summed E-state index contributed by atoms with van der Waals surface area (Å²) in [5, 5.41) is 34.5. The quantitative estimate of drug-likeness (QED) is 0.215. The van der Waals surface area contributed by atoms with Crippen LogP contribution in [-0.2, 0) is 16.0 Å². The van der Waals surface area contributed by atoms with E-state index in [1.807, 2.05) is 11.0 Å². The molecule has 1 fully saturated rings. The number of rotatable bonds is 6. The number of piperazine rings is 1. The van der Waals surface area contributed by atoms with Crippen LogP contribution >= 0.6 is 23.4 Å². The normalized spacial score (nSPS) is 19.9. The third-order valence-corrected chi connectivity index (χ3v) is 7.35. The van der Waals surface area contributed by atoms with Crippen LogP contribution in [0.3, 0.4) is 0 Å². The first-order chi connectivity index (χ1) is 17.1. The summed E-state index contributed by atoms with van der Waals surface area (Å²) in [6.45, 7) is 2.81. The number of nitrogens with one attached hydrogen (secondary N) is 1. The fraction of sp³-hybridized carbons (Fsp3) is 0.320. The van der Waals surface area contributed by atoms with E-state index in [9.17, 15) is 14.7 Å². The molecule has 9 nitrogen and oxygen atoms in total. The number of aliphatic carboxylic acids is 2. The SMILES string of the molecule is N=C(N)CCN1CCN(C2Cc3ccccc3Sc3ccc(Cl)cc32)CC1O.O=C(O)/C=C/C(=O)O. The van der Waals surface area contributed by atoms with E-state index in [-0.39, 0.29) is 11.9 Å². The van der Waals surface area contributed by atoms with Gasteiger partial charge < -0.3 is 21.1 Å². The predicted molar refractivity (Wildman–Crippen MR) is 139 cm³/mol. The average Bonchev–Trinajstić information content (AvgIpc) is 2.99. The first-order valence-electron chi connectivity index (χ1n) is 11.3. The number of carbonyl (C=O) groups is 2. The standard InChI is InChI=1S/C21H25ClN4OS.C4H4O4/c22-15-5-6-19-16(12-15)17(11-14-3-1-2-4-18(14)28-19)26-10-9-25(21(27)13-26)8-7-20(23)24;5-3(6)1-2-4(7)8/h1-6,12,17,21,27H,7-11,13H2,(H3,23,24);1-2H,(H,5,6)(H,7,8)/b;2-1+. The highest BCUT2D eigenvalue weighted by Gasteiger charge is 2.33. The Balaban J connectivity index is 0.000000392. The van der Waals surface area contributed by atoms with Gasteiger partial charge in [-0.15, -0.1) is 0 Å². The molecule has 2 atom stereocenters. The molecule has 0 radical (unpaired) electrons. The van der Waals surface area contributed by atoms with Gasteiger partial charge in [0.15, 0.2) is 0 Å². The van der Waals surface area contributed by atoms with E-state index in [1.165, 1.54) is 20.9 Å². The topological polar surface area (TPSA) is 151 Å². The number of fused-ring (bicyclic) bond motifs is 2. The Morgan fingerprint density at radius 2 is 1.81 bits per heavy atom. The molecule has 4 rings (SSSR count). The van der Waals surface area contributed by atoms with Crippen LogP contribution in [0.1, 0.15) is 23.6 Å². The van der Waals surface area contributed by atoms with Gasteiger partial charge in [-0.25, -0.2) is 9.59 Å². The van der Waals surface area contributed by atoms with Gasteiger partial charge in [-0.1, -0.05) is 41.6 Å². The largest absolute Gasteiger partial charge is 0.478 e. The molecular formula is C25H29ClN4O5S. The lowest BCUT2D eigenvalue weighted by Gasteiger charge is -2.42. The van der Waals surface area contributed by atoms with Crippen LogP contribution < -0.4 is 5.73 Å². The second kappa shape index (κ2) is 12.9. The maximum Gasteiger partial charge on any atom is 0.328 e. The minimum absolute atomic E-state index is 0.163. The van der Waals surface area contributed by atoms with Crippen LogP contribution in [0, 0.1) is 5.41 Å². The van der Waals surface area contributed by atoms with Crippen molar-refractivity contribution in [3.63, 3.8) is 0 Å². The fourth-order valence-corrected chi connectivity index (χ4v) is 5.48. The molecule has 1 saturated heterocycles. The van der Waals surface area contributed by atoms with Gasteiger partial charge in [0.25, 0.3) is 0 Å². The molecule has 11 heteroatoms. The first-order valence-corrected chi connectivity index (χ1v) is 12.5. The summed E-state index contributed by atoms with van der Waals surface area (Å²) in [4.78, 5) is 26.0. The Morgan fingerprint density at radius 1 is 1.11 bits per heavy atom. The van der Waals surface area contributed by atoms with E-state index in [1.54, 1.807) is 11.8 Å². The Bertz CT molecular complexity index is 1130. The number of amidine groups is 1. The van der Waals surface area contributed by atoms with Crippen molar-refractivity contribution in [2.45, 2.75) is 34.9 Å². The minimum atomic E-state index is -1.26. The van der Waals surface area contributed by atoms with E-state index in [2.05, 4.69) is 41.3 Å². The molecule has 2 heterocycles. The van der Waals surface area contributed by atoms with Gasteiger partial charge >= 0.3 is 11.9 Å². The maximum absolute atomic E-state index is 10.7. The van der Waals surface area contributed by atoms with Gasteiger partial charge in [0.05, 0.1) is 5.84 Å². The molecule has 2 aliphatic rings. The highest BCUT2D eigenvalue weighted by atomic mass is 35.5. The number of halogens is 1. The molecule has 0 spiro atoms. The molecule has 2 unspecified atom stereocenters. The molecule has 0 aliphatic carbocycles. The Kier molecular flexibility index (Phi) is 9.91. The van der Waals surface area contributed by atoms with E-state index >= 15 is 0 Å². The average molecular weight is 533 g/mol. The van der Waals surface area contributed by atoms with Crippen LogP contribution in [-0.4, -0.2) is 75.3 Å². The molecular weight excluding hydrogens is 504 g/mol.